The van der Waals surface area contributed by atoms with E-state index in [0.717, 1.165) is 17.9 Å². The first-order valence-electron chi connectivity index (χ1n) is 14.2. The second-order valence-corrected chi connectivity index (χ2v) is 9.26. The highest BCUT2D eigenvalue weighted by atomic mass is 16.5. The summed E-state index contributed by atoms with van der Waals surface area (Å²) in [5.41, 5.74) is 11.9. The van der Waals surface area contributed by atoms with Crippen molar-refractivity contribution >= 4 is 24.4 Å². The number of esters is 2. The number of nitrogens with zero attached hydrogens (tertiary/aromatic N) is 6. The van der Waals surface area contributed by atoms with Gasteiger partial charge >= 0.3 is 18.2 Å². The molecule has 0 bridgehead atoms. The van der Waals surface area contributed by atoms with Crippen LogP contribution in [0.1, 0.15) is 42.4 Å². The molecule has 2 aromatic carbocycles. The number of pyridine rings is 2. The van der Waals surface area contributed by atoms with Crippen LogP contribution in [-0.2, 0) is 32.2 Å². The largest absolute Gasteiger partial charge is 0.465 e. The lowest BCUT2D eigenvalue weighted by atomic mass is 10.2. The fourth-order valence-electron chi connectivity index (χ4n) is 4.15. The number of aromatic nitrogens is 2. The lowest BCUT2D eigenvalue weighted by molar-refractivity contribution is -0.143. The van der Waals surface area contributed by atoms with E-state index in [-0.39, 0.29) is 18.1 Å². The molecule has 10 nitrogen and oxygen atoms in total. The van der Waals surface area contributed by atoms with Crippen molar-refractivity contribution in [2.24, 2.45) is 4.99 Å². The van der Waals surface area contributed by atoms with E-state index >= 15 is 0 Å². The monoisotopic (exact) mass is 592 g/mol. The van der Waals surface area contributed by atoms with Gasteiger partial charge in [0.1, 0.15) is 6.04 Å². The average molecular weight is 593 g/mol. The lowest BCUT2D eigenvalue weighted by Crippen LogP contribution is -2.16. The van der Waals surface area contributed by atoms with Gasteiger partial charge in [0.25, 0.3) is 0 Å². The Kier molecular flexibility index (Phi) is 14.3. The van der Waals surface area contributed by atoms with E-state index in [0.29, 0.717) is 26.0 Å². The van der Waals surface area contributed by atoms with Crippen molar-refractivity contribution in [2.45, 2.75) is 39.0 Å². The van der Waals surface area contributed by atoms with Crippen molar-refractivity contribution in [1.82, 2.24) is 14.9 Å². The van der Waals surface area contributed by atoms with Gasteiger partial charge in [-0.15, -0.1) is 0 Å². The Morgan fingerprint density at radius 1 is 0.841 bits per heavy atom. The summed E-state index contributed by atoms with van der Waals surface area (Å²) in [6.45, 7) is 5.64. The van der Waals surface area contributed by atoms with Gasteiger partial charge in [-0.2, -0.15) is 4.79 Å². The molecule has 2 aromatic heterocycles. The summed E-state index contributed by atoms with van der Waals surface area (Å²) in [5, 5.41) is 0. The lowest BCUT2D eigenvalue weighted by Gasteiger charge is -2.04. The van der Waals surface area contributed by atoms with Crippen LogP contribution >= 0.6 is 0 Å². The van der Waals surface area contributed by atoms with Crippen LogP contribution < -0.4 is 0 Å². The van der Waals surface area contributed by atoms with Gasteiger partial charge in [-0.05, 0) is 49.2 Å². The summed E-state index contributed by atoms with van der Waals surface area (Å²) in [6, 6.07) is 31.7. The Balaban J connectivity index is 0.000000201. The average Bonchev–Trinajstić information content (AvgIpc) is 3.77. The quantitative estimate of drug-likeness (QED) is 0.0821. The number of carbonyl (C=O) groups is 2. The van der Waals surface area contributed by atoms with Crippen LogP contribution in [0.25, 0.3) is 5.53 Å². The fraction of sp³-hybridized carbons (Fsp3) is 0.235. The standard InChI is InChI=1S/C17H18N2O2.C13H12N2.C4H6N2O2/c1-2-21-17(20)16-15(14-10-6-7-11-18-14)19(16)12-13-8-4-3-5-9-13;1-2-6-12(7-3-1)10-14-11-13-8-4-5-9-15-13;1-2-8-4(7)3-6-5/h3-11,15-16H,2,12H2,1H3;1-9,11H,10H2;3H,2H2,1H3/t15-,16-,19?;;/m1../s1. The number of rotatable bonds is 10. The summed E-state index contributed by atoms with van der Waals surface area (Å²) in [4.78, 5) is 39.6. The van der Waals surface area contributed by atoms with E-state index in [9.17, 15) is 9.59 Å². The zero-order valence-corrected chi connectivity index (χ0v) is 24.8. The van der Waals surface area contributed by atoms with E-state index in [1.54, 1.807) is 25.5 Å². The SMILES string of the molecule is C(=NCc1ccccc1)c1ccccn1.CCOC(=O)C=[N+]=[N-].CCOC(=O)[C@H]1[C@@H](c2ccccn2)N1Cc1ccccc1. The minimum atomic E-state index is -0.630. The van der Waals surface area contributed by atoms with E-state index in [4.69, 9.17) is 10.3 Å². The third kappa shape index (κ3) is 11.5. The molecule has 0 aliphatic carbocycles. The molecule has 226 valence electrons. The minimum Gasteiger partial charge on any atom is -0.465 e. The van der Waals surface area contributed by atoms with Crippen molar-refractivity contribution in [1.29, 1.82) is 0 Å². The van der Waals surface area contributed by atoms with Gasteiger partial charge in [-0.25, -0.2) is 4.79 Å². The van der Waals surface area contributed by atoms with Crippen LogP contribution in [0, 0.1) is 0 Å². The minimum absolute atomic E-state index is 0.0189. The molecule has 1 aliphatic rings. The molecule has 44 heavy (non-hydrogen) atoms. The molecule has 0 saturated carbocycles. The molecule has 1 unspecified atom stereocenters. The third-order valence-corrected chi connectivity index (χ3v) is 6.13. The molecule has 3 heterocycles. The number of benzene rings is 2. The maximum atomic E-state index is 12.1. The van der Waals surface area contributed by atoms with E-state index in [1.807, 2.05) is 79.7 Å². The molecule has 0 spiro atoms. The number of hydrogen-bond donors (Lipinski definition) is 0. The molecule has 0 N–H and O–H groups in total. The fourth-order valence-corrected chi connectivity index (χ4v) is 4.15. The summed E-state index contributed by atoms with van der Waals surface area (Å²) >= 11 is 0. The molecular weight excluding hydrogens is 556 g/mol. The molecule has 1 saturated heterocycles. The summed E-state index contributed by atoms with van der Waals surface area (Å²) in [7, 11) is 0. The van der Waals surface area contributed by atoms with Crippen molar-refractivity contribution in [3.05, 3.63) is 138 Å². The second-order valence-electron chi connectivity index (χ2n) is 9.26. The first-order chi connectivity index (χ1) is 21.6. The number of hydrogen-bond acceptors (Lipinski definition) is 8. The predicted octanol–water partition coefficient (Wildman–Crippen LogP) is 5.12. The number of carbonyl (C=O) groups excluding carboxylic acids is 2. The zero-order valence-electron chi connectivity index (χ0n) is 24.8. The number of ether oxygens (including phenoxy) is 2. The van der Waals surface area contributed by atoms with Gasteiger partial charge in [0.2, 0.25) is 0 Å². The summed E-state index contributed by atoms with van der Waals surface area (Å²) in [5.74, 6) is -0.793. The van der Waals surface area contributed by atoms with Gasteiger partial charge in [-0.3, -0.25) is 24.7 Å². The number of aliphatic imine (C=N–C) groups is 1. The Labute approximate surface area is 257 Å². The van der Waals surface area contributed by atoms with Crippen molar-refractivity contribution in [3.63, 3.8) is 0 Å². The van der Waals surface area contributed by atoms with Crippen LogP contribution in [-0.4, -0.2) is 63.3 Å². The summed E-state index contributed by atoms with van der Waals surface area (Å²) < 4.78 is 9.51. The third-order valence-electron chi connectivity index (χ3n) is 6.13. The molecule has 1 aliphatic heterocycles. The van der Waals surface area contributed by atoms with Crippen LogP contribution in [0.3, 0.4) is 0 Å². The van der Waals surface area contributed by atoms with Gasteiger partial charge in [0, 0.05) is 25.2 Å². The molecule has 1 fully saturated rings. The second kappa shape index (κ2) is 19.0. The smallest absolute Gasteiger partial charge is 0.413 e. The molecule has 0 amide bonds. The molecule has 10 heteroatoms. The van der Waals surface area contributed by atoms with Gasteiger partial charge in [-0.1, -0.05) is 72.8 Å². The molecule has 0 radical (unpaired) electrons. The Morgan fingerprint density at radius 3 is 2.02 bits per heavy atom. The predicted molar refractivity (Wildman–Crippen MR) is 168 cm³/mol. The first kappa shape index (κ1) is 33.2. The van der Waals surface area contributed by atoms with Gasteiger partial charge < -0.3 is 15.0 Å². The van der Waals surface area contributed by atoms with Crippen LogP contribution in [0.15, 0.2) is 114 Å². The normalized spacial score (nSPS) is 16.2. The van der Waals surface area contributed by atoms with E-state index in [1.165, 1.54) is 11.1 Å². The first-order valence-corrected chi connectivity index (χ1v) is 14.2. The molecular formula is C34H36N6O4. The van der Waals surface area contributed by atoms with Gasteiger partial charge in [0.05, 0.1) is 37.2 Å². The highest BCUT2D eigenvalue weighted by Gasteiger charge is 2.54. The molecule has 4 aromatic rings. The maximum Gasteiger partial charge on any atom is 0.413 e. The van der Waals surface area contributed by atoms with Crippen molar-refractivity contribution in [2.75, 3.05) is 13.2 Å². The van der Waals surface area contributed by atoms with Crippen molar-refractivity contribution in [3.8, 4) is 0 Å². The van der Waals surface area contributed by atoms with Crippen LogP contribution in [0.2, 0.25) is 0 Å². The topological polar surface area (TPSA) is 130 Å². The maximum absolute atomic E-state index is 12.1. The molecule has 5 rings (SSSR count). The Hall–Kier alpha value is -5.31. The Bertz CT molecular complexity index is 1480. The van der Waals surface area contributed by atoms with E-state index in [2.05, 4.69) is 53.7 Å². The van der Waals surface area contributed by atoms with Crippen molar-refractivity contribution < 1.29 is 23.9 Å². The highest BCUT2D eigenvalue weighted by Crippen LogP contribution is 2.44. The molecule has 3 atom stereocenters. The van der Waals surface area contributed by atoms with Gasteiger partial charge in [0.15, 0.2) is 0 Å². The Morgan fingerprint density at radius 2 is 1.45 bits per heavy atom. The summed E-state index contributed by atoms with van der Waals surface area (Å²) in [6.07, 6.45) is 6.02. The highest BCUT2D eigenvalue weighted by molar-refractivity contribution is 6.20. The zero-order chi connectivity index (χ0) is 31.4. The van der Waals surface area contributed by atoms with Crippen LogP contribution in [0.4, 0.5) is 0 Å². The van der Waals surface area contributed by atoms with Crippen LogP contribution in [0.5, 0.6) is 0 Å². The van der Waals surface area contributed by atoms with E-state index < -0.39 is 5.97 Å².